The van der Waals surface area contributed by atoms with Crippen molar-refractivity contribution in [2.24, 2.45) is 0 Å². The van der Waals surface area contributed by atoms with Gasteiger partial charge in [0.25, 0.3) is 5.91 Å². The maximum Gasteiger partial charge on any atom is 0.345 e. The highest BCUT2D eigenvalue weighted by molar-refractivity contribution is 8.26. The van der Waals surface area contributed by atoms with Crippen molar-refractivity contribution in [2.45, 2.75) is 30.4 Å². The van der Waals surface area contributed by atoms with E-state index in [-0.39, 0.29) is 26.2 Å². The van der Waals surface area contributed by atoms with Gasteiger partial charge in [-0.25, -0.2) is 19.2 Å². The molecule has 0 unspecified atom stereocenters. The third-order valence-corrected chi connectivity index (χ3v) is 11.2. The molecule has 1 spiro atoms. The summed E-state index contributed by atoms with van der Waals surface area (Å²) in [6.45, 7) is 5.37. The number of nitrogens with zero attached hydrogens (tertiary/aromatic N) is 1. The van der Waals surface area contributed by atoms with E-state index in [0.29, 0.717) is 21.7 Å². The van der Waals surface area contributed by atoms with Crippen LogP contribution in [-0.4, -0.2) is 67.8 Å². The van der Waals surface area contributed by atoms with Crippen LogP contribution >= 0.6 is 35.3 Å². The Morgan fingerprint density at radius 1 is 0.780 bits per heavy atom. The fraction of sp³-hybridized carbons (Fsp3) is 0.321. The van der Waals surface area contributed by atoms with Crippen molar-refractivity contribution in [3.63, 3.8) is 0 Å². The Morgan fingerprint density at radius 3 is 1.80 bits per heavy atom. The number of fused-ring (bicyclic) bond motifs is 3. The van der Waals surface area contributed by atoms with Gasteiger partial charge in [0.05, 0.1) is 45.2 Å². The van der Waals surface area contributed by atoms with Gasteiger partial charge in [-0.2, -0.15) is 0 Å². The molecule has 0 saturated heterocycles. The molecule has 3 aliphatic heterocycles. The molecule has 10 nitrogen and oxygen atoms in total. The van der Waals surface area contributed by atoms with Crippen LogP contribution in [0.1, 0.15) is 26.3 Å². The van der Waals surface area contributed by atoms with Crippen LogP contribution in [0.3, 0.4) is 0 Å². The van der Waals surface area contributed by atoms with Crippen LogP contribution in [0, 0.1) is 0 Å². The molecular weight excluding hydrogens is 591 g/mol. The lowest BCUT2D eigenvalue weighted by molar-refractivity contribution is -0.138. The molecule has 4 rings (SSSR count). The lowest BCUT2D eigenvalue weighted by Gasteiger charge is -2.50. The van der Waals surface area contributed by atoms with E-state index in [0.717, 1.165) is 35.3 Å². The summed E-state index contributed by atoms with van der Waals surface area (Å²) in [5.41, 5.74) is 0.436. The van der Waals surface area contributed by atoms with Gasteiger partial charge in [-0.15, -0.1) is 0 Å². The van der Waals surface area contributed by atoms with Gasteiger partial charge < -0.3 is 18.9 Å². The number of amides is 1. The molecule has 0 fully saturated rings. The molecule has 1 aromatic rings. The van der Waals surface area contributed by atoms with Crippen LogP contribution in [0.5, 0.6) is 0 Å². The second kappa shape index (κ2) is 11.5. The van der Waals surface area contributed by atoms with Crippen LogP contribution in [0.15, 0.2) is 61.6 Å². The monoisotopic (exact) mass is 617 g/mol. The Balaban J connectivity index is 2.16. The van der Waals surface area contributed by atoms with Crippen LogP contribution in [0.25, 0.3) is 5.57 Å². The second-order valence-electron chi connectivity index (χ2n) is 9.21. The van der Waals surface area contributed by atoms with Gasteiger partial charge in [0.2, 0.25) is 0 Å². The fourth-order valence-corrected chi connectivity index (χ4v) is 9.93. The minimum atomic E-state index is -1.60. The molecular formula is C28H27NO9S3. The maximum absolute atomic E-state index is 13.6. The van der Waals surface area contributed by atoms with Crippen molar-refractivity contribution in [3.8, 4) is 0 Å². The van der Waals surface area contributed by atoms with Crippen LogP contribution in [0.2, 0.25) is 0 Å². The zero-order valence-electron chi connectivity index (χ0n) is 23.3. The highest BCUT2D eigenvalue weighted by atomic mass is 32.2. The summed E-state index contributed by atoms with van der Waals surface area (Å²) in [6.07, 6.45) is 3.07. The van der Waals surface area contributed by atoms with E-state index in [9.17, 15) is 24.0 Å². The summed E-state index contributed by atoms with van der Waals surface area (Å²) < 4.78 is 18.6. The average Bonchev–Trinajstić information content (AvgIpc) is 3.35. The quantitative estimate of drug-likeness (QED) is 0.267. The largest absolute Gasteiger partial charge is 0.466 e. The average molecular weight is 618 g/mol. The van der Waals surface area contributed by atoms with Gasteiger partial charge in [-0.3, -0.25) is 9.69 Å². The molecule has 0 atom stereocenters. The molecule has 0 bridgehead atoms. The van der Waals surface area contributed by atoms with Crippen LogP contribution in [0.4, 0.5) is 5.69 Å². The number of anilines is 1. The molecule has 0 N–H and O–H groups in total. The van der Waals surface area contributed by atoms with E-state index in [2.05, 4.69) is 0 Å². The van der Waals surface area contributed by atoms with Gasteiger partial charge in [0.15, 0.2) is 0 Å². The Morgan fingerprint density at radius 2 is 1.29 bits per heavy atom. The highest BCUT2D eigenvalue weighted by Gasteiger charge is 2.61. The molecule has 0 saturated carbocycles. The zero-order chi connectivity index (χ0) is 30.3. The van der Waals surface area contributed by atoms with Gasteiger partial charge in [0.1, 0.15) is 18.8 Å². The van der Waals surface area contributed by atoms with E-state index in [1.54, 1.807) is 42.2 Å². The predicted molar refractivity (Wildman–Crippen MR) is 157 cm³/mol. The lowest BCUT2D eigenvalue weighted by Crippen LogP contribution is -2.53. The summed E-state index contributed by atoms with van der Waals surface area (Å²) in [4.78, 5) is 68.2. The van der Waals surface area contributed by atoms with Crippen molar-refractivity contribution >= 4 is 76.3 Å². The van der Waals surface area contributed by atoms with Crippen molar-refractivity contribution in [1.29, 1.82) is 0 Å². The molecule has 13 heteroatoms. The third-order valence-electron chi connectivity index (χ3n) is 6.57. The summed E-state index contributed by atoms with van der Waals surface area (Å²) in [5.74, 6) is -3.63. The number of hydrogen-bond donors (Lipinski definition) is 0. The summed E-state index contributed by atoms with van der Waals surface area (Å²) in [7, 11) is 4.69. The third kappa shape index (κ3) is 4.69. The van der Waals surface area contributed by atoms with Crippen LogP contribution in [-0.2, 0) is 42.9 Å². The summed E-state index contributed by atoms with van der Waals surface area (Å²) >= 11 is 2.76. The van der Waals surface area contributed by atoms with Crippen molar-refractivity contribution in [3.05, 3.63) is 67.2 Å². The van der Waals surface area contributed by atoms with E-state index < -0.39 is 33.5 Å². The van der Waals surface area contributed by atoms with Crippen molar-refractivity contribution < 1.29 is 42.9 Å². The zero-order valence-corrected chi connectivity index (χ0v) is 25.8. The van der Waals surface area contributed by atoms with E-state index in [1.165, 1.54) is 34.5 Å². The number of esters is 4. The standard InChI is InChI=1S/C28H27NO9S3/c1-8-11-16(30)29-15-13-10-9-12-14(15)17-22(27(29,2)3)39-19(24(32)36-5)18(23(31)35-4)28(17)40-20(25(33)37-6)21(41-28)26(34)38-7/h8-13H,1-7H3. The number of hydrogen-bond acceptors (Lipinski definition) is 12. The minimum absolute atomic E-state index is 0.0979. The molecule has 3 aliphatic rings. The first-order valence-corrected chi connectivity index (χ1v) is 14.6. The first-order valence-electron chi connectivity index (χ1n) is 12.1. The van der Waals surface area contributed by atoms with Crippen LogP contribution < -0.4 is 4.90 Å². The number of allylic oxidation sites excluding steroid dienone is 1. The minimum Gasteiger partial charge on any atom is -0.466 e. The molecule has 1 amide bonds. The normalized spacial score (nSPS) is 18.8. The number of rotatable bonds is 5. The Kier molecular flexibility index (Phi) is 8.53. The predicted octanol–water partition coefficient (Wildman–Crippen LogP) is 4.18. The fourth-order valence-electron chi connectivity index (χ4n) is 4.88. The first-order chi connectivity index (χ1) is 19.4. The lowest BCUT2D eigenvalue weighted by atomic mass is 9.83. The van der Waals surface area contributed by atoms with E-state index in [1.807, 2.05) is 13.8 Å². The molecule has 3 heterocycles. The molecule has 0 aliphatic carbocycles. The number of carbonyl (C=O) groups excluding carboxylic acids is 5. The molecule has 216 valence electrons. The molecule has 41 heavy (non-hydrogen) atoms. The smallest absolute Gasteiger partial charge is 0.345 e. The number of para-hydroxylation sites is 1. The maximum atomic E-state index is 13.6. The number of thioether (sulfide) groups is 3. The van der Waals surface area contributed by atoms with E-state index >= 15 is 0 Å². The van der Waals surface area contributed by atoms with E-state index in [4.69, 9.17) is 18.9 Å². The van der Waals surface area contributed by atoms with Gasteiger partial charge in [0, 0.05) is 16.0 Å². The second-order valence-corrected chi connectivity index (χ2v) is 12.9. The van der Waals surface area contributed by atoms with Crippen molar-refractivity contribution in [1.82, 2.24) is 0 Å². The topological polar surface area (TPSA) is 126 Å². The van der Waals surface area contributed by atoms with Gasteiger partial charge in [-0.05, 0) is 32.9 Å². The Labute approximate surface area is 249 Å². The Hall–Kier alpha value is -3.42. The molecule has 0 radical (unpaired) electrons. The molecule has 1 aromatic carbocycles. The van der Waals surface area contributed by atoms with Gasteiger partial charge in [-0.1, -0.05) is 59.6 Å². The number of ether oxygens (including phenoxy) is 4. The number of methoxy groups -OCH3 is 4. The number of carbonyl (C=O) groups is 5. The number of benzene rings is 1. The first kappa shape index (κ1) is 30.5. The summed E-state index contributed by atoms with van der Waals surface area (Å²) in [5, 5.41) is 0. The molecule has 0 aromatic heterocycles. The summed E-state index contributed by atoms with van der Waals surface area (Å²) in [6, 6.07) is 7.11. The van der Waals surface area contributed by atoms with Crippen molar-refractivity contribution in [2.75, 3.05) is 33.3 Å². The highest BCUT2D eigenvalue weighted by Crippen LogP contribution is 2.71. The Bertz CT molecular complexity index is 1470. The van der Waals surface area contributed by atoms with Gasteiger partial charge >= 0.3 is 23.9 Å². The SMILES string of the molecule is CC=CC(=O)N1c2ccccc2C2=C(SC(C(=O)OC)=C(C(=O)OC)C23SC(C(=O)OC)=C(C(=O)OC)S3)C1(C)C.